The van der Waals surface area contributed by atoms with Crippen molar-refractivity contribution in [3.8, 4) is 22.3 Å². The lowest BCUT2D eigenvalue weighted by atomic mass is 9.66. The Morgan fingerprint density at radius 1 is 0.391 bits per heavy atom. The first-order valence-electron chi connectivity index (χ1n) is 15.9. The van der Waals surface area contributed by atoms with Crippen molar-refractivity contribution in [1.82, 2.24) is 0 Å². The molecule has 0 aliphatic heterocycles. The fourth-order valence-corrected chi connectivity index (χ4v) is 7.44. The molecule has 0 spiro atoms. The molecular formula is C44H31NO. The highest BCUT2D eigenvalue weighted by Gasteiger charge is 2.35. The molecule has 0 saturated heterocycles. The maximum atomic E-state index is 6.29. The number of nitrogens with one attached hydrogen (secondary N) is 1. The second kappa shape index (κ2) is 10.9. The van der Waals surface area contributed by atoms with Gasteiger partial charge >= 0.3 is 0 Å². The van der Waals surface area contributed by atoms with E-state index in [0.717, 1.165) is 44.4 Å². The zero-order valence-electron chi connectivity index (χ0n) is 25.2. The molecule has 9 rings (SSSR count). The largest absolute Gasteiger partial charge is 0.455 e. The summed E-state index contributed by atoms with van der Waals surface area (Å²) in [5, 5.41) is 5.92. The van der Waals surface area contributed by atoms with E-state index >= 15 is 0 Å². The molecular weight excluding hydrogens is 558 g/mol. The van der Waals surface area contributed by atoms with Crippen molar-refractivity contribution >= 4 is 33.3 Å². The van der Waals surface area contributed by atoms with Crippen molar-refractivity contribution in [1.29, 1.82) is 0 Å². The standard InChI is InChI=1S/C44H31NO/c1-2-11-30(12-3-1)42-38-16-6-4-13-35(38)36-14-5-7-17-39(36)43(42)31-23-27-33(28-24-31)45-32-25-21-29(22-26-32)34-18-10-19-40-37-15-8-9-20-41(37)46-44(34)40/h1-28,42-43,45H. The average molecular weight is 590 g/mol. The van der Waals surface area contributed by atoms with Gasteiger partial charge in [-0.3, -0.25) is 0 Å². The van der Waals surface area contributed by atoms with Crippen molar-refractivity contribution < 1.29 is 4.42 Å². The van der Waals surface area contributed by atoms with Gasteiger partial charge in [0, 0.05) is 39.5 Å². The minimum atomic E-state index is 0.211. The molecule has 0 fully saturated rings. The van der Waals surface area contributed by atoms with Gasteiger partial charge in [0.2, 0.25) is 0 Å². The normalized spacial score (nSPS) is 15.4. The van der Waals surface area contributed by atoms with Crippen LogP contribution in [-0.2, 0) is 0 Å². The summed E-state index contributed by atoms with van der Waals surface area (Å²) in [4.78, 5) is 0. The summed E-state index contributed by atoms with van der Waals surface area (Å²) in [5.41, 5.74) is 14.3. The second-order valence-electron chi connectivity index (χ2n) is 12.1. The van der Waals surface area contributed by atoms with Crippen LogP contribution in [0.3, 0.4) is 0 Å². The van der Waals surface area contributed by atoms with E-state index in [-0.39, 0.29) is 11.8 Å². The Labute approximate surface area is 268 Å². The first kappa shape index (κ1) is 26.5. The summed E-state index contributed by atoms with van der Waals surface area (Å²) in [5.74, 6) is 0.442. The summed E-state index contributed by atoms with van der Waals surface area (Å²) in [6, 6.07) is 61.1. The topological polar surface area (TPSA) is 25.2 Å². The number of benzene rings is 7. The molecule has 2 nitrogen and oxygen atoms in total. The van der Waals surface area contributed by atoms with Crippen LogP contribution in [0.15, 0.2) is 174 Å². The second-order valence-corrected chi connectivity index (χ2v) is 12.1. The molecule has 7 aromatic carbocycles. The lowest BCUT2D eigenvalue weighted by Gasteiger charge is -2.36. The van der Waals surface area contributed by atoms with Crippen LogP contribution in [0.2, 0.25) is 0 Å². The molecule has 0 saturated carbocycles. The van der Waals surface area contributed by atoms with E-state index in [1.807, 2.05) is 12.1 Å². The summed E-state index contributed by atoms with van der Waals surface area (Å²) in [6.45, 7) is 0. The smallest absolute Gasteiger partial charge is 0.143 e. The lowest BCUT2D eigenvalue weighted by Crippen LogP contribution is -2.20. The van der Waals surface area contributed by atoms with Crippen molar-refractivity contribution in [2.24, 2.45) is 0 Å². The molecule has 1 heterocycles. The molecule has 0 radical (unpaired) electrons. The first-order valence-corrected chi connectivity index (χ1v) is 15.9. The van der Waals surface area contributed by atoms with Crippen LogP contribution in [-0.4, -0.2) is 0 Å². The Morgan fingerprint density at radius 3 is 1.61 bits per heavy atom. The van der Waals surface area contributed by atoms with E-state index in [0.29, 0.717) is 0 Å². The molecule has 2 heteroatoms. The molecule has 1 N–H and O–H groups in total. The minimum absolute atomic E-state index is 0.211. The van der Waals surface area contributed by atoms with Gasteiger partial charge in [0.05, 0.1) is 0 Å². The number of anilines is 2. The van der Waals surface area contributed by atoms with Gasteiger partial charge in [0.1, 0.15) is 11.2 Å². The third-order valence-electron chi connectivity index (χ3n) is 9.53. The highest BCUT2D eigenvalue weighted by atomic mass is 16.3. The average Bonchev–Trinajstić information content (AvgIpc) is 3.51. The Morgan fingerprint density at radius 2 is 0.913 bits per heavy atom. The van der Waals surface area contributed by atoms with Gasteiger partial charge in [-0.05, 0) is 69.3 Å². The van der Waals surface area contributed by atoms with E-state index in [9.17, 15) is 0 Å². The summed E-state index contributed by atoms with van der Waals surface area (Å²) < 4.78 is 6.29. The molecule has 46 heavy (non-hydrogen) atoms. The monoisotopic (exact) mass is 589 g/mol. The maximum absolute atomic E-state index is 6.29. The highest BCUT2D eigenvalue weighted by Crippen LogP contribution is 2.52. The van der Waals surface area contributed by atoms with Crippen LogP contribution in [0.5, 0.6) is 0 Å². The third-order valence-corrected chi connectivity index (χ3v) is 9.53. The van der Waals surface area contributed by atoms with Gasteiger partial charge in [-0.15, -0.1) is 0 Å². The number of rotatable bonds is 5. The van der Waals surface area contributed by atoms with E-state index in [1.165, 1.54) is 33.4 Å². The van der Waals surface area contributed by atoms with Crippen LogP contribution < -0.4 is 5.32 Å². The quantitative estimate of drug-likeness (QED) is 0.216. The molecule has 1 aromatic heterocycles. The first-order chi connectivity index (χ1) is 22.8. The van der Waals surface area contributed by atoms with Gasteiger partial charge in [-0.25, -0.2) is 0 Å². The van der Waals surface area contributed by atoms with Crippen molar-refractivity contribution in [3.05, 3.63) is 192 Å². The van der Waals surface area contributed by atoms with E-state index < -0.39 is 0 Å². The Kier molecular flexibility index (Phi) is 6.31. The number of hydrogen-bond donors (Lipinski definition) is 1. The van der Waals surface area contributed by atoms with E-state index in [1.54, 1.807) is 0 Å². The summed E-state index contributed by atoms with van der Waals surface area (Å²) in [7, 11) is 0. The molecule has 1 aliphatic rings. The van der Waals surface area contributed by atoms with Crippen LogP contribution in [0.1, 0.15) is 34.1 Å². The van der Waals surface area contributed by atoms with Gasteiger partial charge < -0.3 is 9.73 Å². The maximum Gasteiger partial charge on any atom is 0.143 e. The van der Waals surface area contributed by atoms with Crippen LogP contribution in [0.4, 0.5) is 11.4 Å². The predicted molar refractivity (Wildman–Crippen MR) is 191 cm³/mol. The molecule has 2 unspecified atom stereocenters. The number of hydrogen-bond acceptors (Lipinski definition) is 2. The summed E-state index contributed by atoms with van der Waals surface area (Å²) in [6.07, 6.45) is 0. The Balaban J connectivity index is 1.03. The fourth-order valence-electron chi connectivity index (χ4n) is 7.44. The summed E-state index contributed by atoms with van der Waals surface area (Å²) >= 11 is 0. The zero-order chi connectivity index (χ0) is 30.5. The highest BCUT2D eigenvalue weighted by molar-refractivity contribution is 6.09. The van der Waals surface area contributed by atoms with Gasteiger partial charge in [0.15, 0.2) is 0 Å². The predicted octanol–water partition coefficient (Wildman–Crippen LogP) is 11.9. The van der Waals surface area contributed by atoms with Crippen molar-refractivity contribution in [3.63, 3.8) is 0 Å². The lowest BCUT2D eigenvalue weighted by molar-refractivity contribution is 0.670. The molecule has 8 aromatic rings. The molecule has 218 valence electrons. The van der Waals surface area contributed by atoms with Crippen molar-refractivity contribution in [2.45, 2.75) is 11.8 Å². The van der Waals surface area contributed by atoms with Gasteiger partial charge in [-0.1, -0.05) is 140 Å². The Bertz CT molecular complexity index is 2330. The van der Waals surface area contributed by atoms with Crippen molar-refractivity contribution in [2.75, 3.05) is 5.32 Å². The minimum Gasteiger partial charge on any atom is -0.455 e. The van der Waals surface area contributed by atoms with Crippen LogP contribution >= 0.6 is 0 Å². The molecule has 0 amide bonds. The molecule has 0 bridgehead atoms. The molecule has 2 atom stereocenters. The Hall–Kier alpha value is -5.86. The van der Waals surface area contributed by atoms with Crippen LogP contribution in [0.25, 0.3) is 44.2 Å². The van der Waals surface area contributed by atoms with Gasteiger partial charge in [-0.2, -0.15) is 0 Å². The van der Waals surface area contributed by atoms with Crippen LogP contribution in [0, 0.1) is 0 Å². The van der Waals surface area contributed by atoms with E-state index in [4.69, 9.17) is 4.42 Å². The van der Waals surface area contributed by atoms with Gasteiger partial charge in [0.25, 0.3) is 0 Å². The fraction of sp³-hybridized carbons (Fsp3) is 0.0455. The number of para-hydroxylation sites is 2. The molecule has 1 aliphatic carbocycles. The SMILES string of the molecule is c1ccc(C2c3ccccc3-c3ccccc3C2c2ccc(Nc3ccc(-c4cccc5c4oc4ccccc45)cc3)cc2)cc1. The third kappa shape index (κ3) is 4.42. The van der Waals surface area contributed by atoms with E-state index in [2.05, 4.69) is 163 Å². The number of fused-ring (bicyclic) bond motifs is 6. The number of furan rings is 1. The zero-order valence-corrected chi connectivity index (χ0v) is 25.2.